The molecule has 0 aliphatic rings. The van der Waals surface area contributed by atoms with Gasteiger partial charge in [0.1, 0.15) is 0 Å². The highest BCUT2D eigenvalue weighted by Crippen LogP contribution is 2.66. The molecule has 0 aliphatic carbocycles. The van der Waals surface area contributed by atoms with E-state index < -0.39 is 5.55 Å². The third kappa shape index (κ3) is 5.70. The molecule has 0 aromatic heterocycles. The zero-order chi connectivity index (χ0) is 8.41. The first-order valence-electron chi connectivity index (χ1n) is 3.29. The summed E-state index contributed by atoms with van der Waals surface area (Å²) < 4.78 is 11.5. The maximum absolute atomic E-state index is 11.4. The Kier molecular flexibility index (Phi) is 3.88. The van der Waals surface area contributed by atoms with E-state index in [-0.39, 0.29) is 4.75 Å². The molecule has 0 spiro atoms. The molecule has 0 amide bonds. The molecule has 0 aromatic carbocycles. The molecule has 0 saturated heterocycles. The summed E-state index contributed by atoms with van der Waals surface area (Å²) in [6.07, 6.45) is 0.665. The van der Waals surface area contributed by atoms with Gasteiger partial charge in [-0.15, -0.1) is 12.2 Å². The van der Waals surface area contributed by atoms with Crippen molar-refractivity contribution < 1.29 is 4.57 Å². The summed E-state index contributed by atoms with van der Waals surface area (Å²) in [5.74, 6) is 0. The fraction of sp³-hybridized carbons (Fsp3) is 1.00. The second kappa shape index (κ2) is 3.55. The zero-order valence-electron chi connectivity index (χ0n) is 6.92. The highest BCUT2D eigenvalue weighted by atomic mass is 33.1. The predicted octanol–water partition coefficient (Wildman–Crippen LogP) is 3.66. The molecule has 0 saturated carbocycles. The SMILES string of the molecule is CCP(=O)(S)SC(C)(C)C. The van der Waals surface area contributed by atoms with Crippen LogP contribution in [0, 0.1) is 0 Å². The highest BCUT2D eigenvalue weighted by Gasteiger charge is 2.23. The van der Waals surface area contributed by atoms with Crippen molar-refractivity contribution in [2.45, 2.75) is 32.4 Å². The van der Waals surface area contributed by atoms with E-state index in [2.05, 4.69) is 33.0 Å². The van der Waals surface area contributed by atoms with Crippen molar-refractivity contribution in [1.82, 2.24) is 0 Å². The normalized spacial score (nSPS) is 18.5. The van der Waals surface area contributed by atoms with Gasteiger partial charge in [-0.25, -0.2) is 0 Å². The fourth-order valence-corrected chi connectivity index (χ4v) is 6.64. The lowest BCUT2D eigenvalue weighted by Crippen LogP contribution is -2.05. The van der Waals surface area contributed by atoms with Gasteiger partial charge in [-0.1, -0.05) is 39.1 Å². The number of hydrogen-bond acceptors (Lipinski definition) is 2. The monoisotopic (exact) mass is 198 g/mol. The first-order chi connectivity index (χ1) is 4.27. The molecule has 0 heterocycles. The van der Waals surface area contributed by atoms with Crippen LogP contribution in [0.1, 0.15) is 27.7 Å². The molecular formula is C6H15OPS2. The number of hydrogen-bond donors (Lipinski definition) is 1. The van der Waals surface area contributed by atoms with Gasteiger partial charge in [-0.3, -0.25) is 0 Å². The summed E-state index contributed by atoms with van der Waals surface area (Å²) in [4.78, 5) is 0. The molecule has 1 unspecified atom stereocenters. The van der Waals surface area contributed by atoms with Gasteiger partial charge >= 0.3 is 0 Å². The Bertz CT molecular complexity index is 150. The van der Waals surface area contributed by atoms with Gasteiger partial charge in [0.25, 0.3) is 0 Å². The third-order valence-corrected chi connectivity index (χ3v) is 7.31. The Morgan fingerprint density at radius 1 is 1.50 bits per heavy atom. The van der Waals surface area contributed by atoms with Gasteiger partial charge in [0.05, 0.1) is 0 Å². The molecule has 4 heteroatoms. The first kappa shape index (κ1) is 10.9. The highest BCUT2D eigenvalue weighted by molar-refractivity contribution is 8.86. The van der Waals surface area contributed by atoms with Crippen LogP contribution in [0.25, 0.3) is 0 Å². The Balaban J connectivity index is 4.03. The third-order valence-electron chi connectivity index (χ3n) is 0.816. The van der Waals surface area contributed by atoms with Crippen LogP contribution in [0.5, 0.6) is 0 Å². The second-order valence-corrected chi connectivity index (χ2v) is 11.5. The Hall–Kier alpha value is 0.930. The van der Waals surface area contributed by atoms with Crippen LogP contribution in [-0.2, 0) is 4.57 Å². The molecule has 62 valence electrons. The number of thiol groups is 1. The van der Waals surface area contributed by atoms with Crippen molar-refractivity contribution in [3.63, 3.8) is 0 Å². The van der Waals surface area contributed by atoms with Crippen LogP contribution < -0.4 is 0 Å². The van der Waals surface area contributed by atoms with Crippen LogP contribution >= 0.6 is 29.2 Å². The first-order valence-corrected chi connectivity index (χ1v) is 7.76. The smallest absolute Gasteiger partial charge is 0.188 e. The van der Waals surface area contributed by atoms with E-state index in [0.29, 0.717) is 6.16 Å². The van der Waals surface area contributed by atoms with Gasteiger partial charge in [0.2, 0.25) is 0 Å². The van der Waals surface area contributed by atoms with Gasteiger partial charge in [0.15, 0.2) is 5.55 Å². The minimum Gasteiger partial charge on any atom is -0.301 e. The molecule has 1 atom stereocenters. The fourth-order valence-electron chi connectivity index (χ4n) is 0.492. The minimum atomic E-state index is -2.18. The topological polar surface area (TPSA) is 17.1 Å². The standard InChI is InChI=1S/C6H15OPS2/c1-5-8(7,9)10-6(2,3)4/h5H2,1-4H3,(H,7,9). The van der Waals surface area contributed by atoms with E-state index in [1.54, 1.807) is 0 Å². The summed E-state index contributed by atoms with van der Waals surface area (Å²) in [7, 11) is 0. The quantitative estimate of drug-likeness (QED) is 0.538. The van der Waals surface area contributed by atoms with Gasteiger partial charge in [-0.05, 0) is 0 Å². The lowest BCUT2D eigenvalue weighted by atomic mass is 10.3. The van der Waals surface area contributed by atoms with Crippen molar-refractivity contribution in [2.24, 2.45) is 0 Å². The molecule has 0 rings (SSSR count). The molecular weight excluding hydrogens is 183 g/mol. The van der Waals surface area contributed by atoms with Crippen LogP contribution in [0.4, 0.5) is 0 Å². The summed E-state index contributed by atoms with van der Waals surface area (Å²) in [5, 5.41) is 0. The zero-order valence-corrected chi connectivity index (χ0v) is 9.52. The molecule has 1 nitrogen and oxygen atoms in total. The van der Waals surface area contributed by atoms with Crippen molar-refractivity contribution in [2.75, 3.05) is 6.16 Å². The van der Waals surface area contributed by atoms with Crippen molar-refractivity contribution in [3.05, 3.63) is 0 Å². The molecule has 0 bridgehead atoms. The van der Waals surface area contributed by atoms with Gasteiger partial charge in [0, 0.05) is 10.9 Å². The Morgan fingerprint density at radius 2 is 1.90 bits per heavy atom. The van der Waals surface area contributed by atoms with Crippen LogP contribution in [0.2, 0.25) is 0 Å². The molecule has 0 fully saturated rings. The van der Waals surface area contributed by atoms with Crippen molar-refractivity contribution in [1.29, 1.82) is 0 Å². The average Bonchev–Trinajstić information content (AvgIpc) is 1.60. The van der Waals surface area contributed by atoms with E-state index in [4.69, 9.17) is 0 Å². The average molecular weight is 198 g/mol. The van der Waals surface area contributed by atoms with E-state index in [1.807, 2.05) is 6.92 Å². The largest absolute Gasteiger partial charge is 0.301 e. The molecule has 0 aromatic rings. The predicted molar refractivity (Wildman–Crippen MR) is 54.5 cm³/mol. The number of rotatable bonds is 2. The lowest BCUT2D eigenvalue weighted by molar-refractivity contribution is 0.594. The molecule has 0 radical (unpaired) electrons. The van der Waals surface area contributed by atoms with E-state index in [1.165, 1.54) is 11.4 Å². The van der Waals surface area contributed by atoms with Crippen molar-refractivity contribution in [3.8, 4) is 0 Å². The summed E-state index contributed by atoms with van der Waals surface area (Å²) >= 11 is 5.58. The van der Waals surface area contributed by atoms with Crippen LogP contribution in [0.3, 0.4) is 0 Å². The summed E-state index contributed by atoms with van der Waals surface area (Å²) in [6, 6.07) is 0. The summed E-state index contributed by atoms with van der Waals surface area (Å²) in [5.41, 5.74) is -2.18. The molecule has 0 aliphatic heterocycles. The van der Waals surface area contributed by atoms with E-state index in [9.17, 15) is 4.57 Å². The van der Waals surface area contributed by atoms with Gasteiger partial charge in [-0.2, -0.15) is 0 Å². The Labute approximate surface area is 72.6 Å². The molecule has 10 heavy (non-hydrogen) atoms. The van der Waals surface area contributed by atoms with Crippen LogP contribution in [-0.4, -0.2) is 10.9 Å². The minimum absolute atomic E-state index is 0.0628. The van der Waals surface area contributed by atoms with Gasteiger partial charge < -0.3 is 4.57 Å². The Morgan fingerprint density at radius 3 is 2.00 bits per heavy atom. The molecule has 0 N–H and O–H groups in total. The maximum Gasteiger partial charge on any atom is 0.188 e. The van der Waals surface area contributed by atoms with Crippen LogP contribution in [0.15, 0.2) is 0 Å². The second-order valence-electron chi connectivity index (χ2n) is 3.16. The van der Waals surface area contributed by atoms with E-state index >= 15 is 0 Å². The van der Waals surface area contributed by atoms with E-state index in [0.717, 1.165) is 0 Å². The lowest BCUT2D eigenvalue weighted by Gasteiger charge is -2.20. The van der Waals surface area contributed by atoms with Crippen molar-refractivity contribution >= 4 is 29.2 Å². The maximum atomic E-state index is 11.4. The summed E-state index contributed by atoms with van der Waals surface area (Å²) in [6.45, 7) is 8.06.